The van der Waals surface area contributed by atoms with Crippen molar-refractivity contribution >= 4 is 22.4 Å². The van der Waals surface area contributed by atoms with Crippen LogP contribution in [-0.2, 0) is 11.2 Å². The molecule has 2 rings (SSSR count). The Morgan fingerprint density at radius 1 is 1.59 bits per heavy atom. The second-order valence-electron chi connectivity index (χ2n) is 4.79. The molecule has 0 aliphatic heterocycles. The Labute approximate surface area is 105 Å². The predicted octanol–water partition coefficient (Wildman–Crippen LogP) is 2.49. The quantitative estimate of drug-likeness (QED) is 0.900. The van der Waals surface area contributed by atoms with Gasteiger partial charge in [0.25, 0.3) is 0 Å². The van der Waals surface area contributed by atoms with Gasteiger partial charge in [-0.1, -0.05) is 0 Å². The van der Waals surface area contributed by atoms with Crippen molar-refractivity contribution in [1.29, 1.82) is 0 Å². The van der Waals surface area contributed by atoms with Gasteiger partial charge in [0.05, 0.1) is 5.69 Å². The highest BCUT2D eigenvalue weighted by Gasteiger charge is 2.30. The van der Waals surface area contributed by atoms with Gasteiger partial charge in [0.2, 0.25) is 0 Å². The second kappa shape index (κ2) is 4.64. The standard InChI is InChI=1S/C12H18N2O2S/c1-7(2)14(3)12-13-10-8(11(15)16)5-4-6-9(10)17-12/h7-8H,4-6H2,1-3H3,(H,15,16). The average molecular weight is 254 g/mol. The molecule has 1 aliphatic carbocycles. The normalized spacial score (nSPS) is 19.2. The summed E-state index contributed by atoms with van der Waals surface area (Å²) in [4.78, 5) is 19.0. The monoisotopic (exact) mass is 254 g/mol. The van der Waals surface area contributed by atoms with E-state index in [1.165, 1.54) is 0 Å². The first kappa shape index (κ1) is 12.4. The molecule has 1 unspecified atom stereocenters. The minimum atomic E-state index is -0.741. The van der Waals surface area contributed by atoms with Gasteiger partial charge in [0.1, 0.15) is 5.92 Å². The number of anilines is 1. The molecule has 1 aromatic heterocycles. The topological polar surface area (TPSA) is 53.4 Å². The molecule has 0 bridgehead atoms. The number of aliphatic carboxylic acids is 1. The molecule has 0 radical (unpaired) electrons. The van der Waals surface area contributed by atoms with E-state index in [1.807, 2.05) is 7.05 Å². The van der Waals surface area contributed by atoms with Crippen molar-refractivity contribution in [3.8, 4) is 0 Å². The molecule has 5 heteroatoms. The molecule has 94 valence electrons. The Balaban J connectivity index is 2.34. The van der Waals surface area contributed by atoms with Gasteiger partial charge in [-0.15, -0.1) is 11.3 Å². The van der Waals surface area contributed by atoms with Crippen molar-refractivity contribution in [3.05, 3.63) is 10.6 Å². The molecule has 0 amide bonds. The number of carboxylic acid groups (broad SMARTS) is 1. The van der Waals surface area contributed by atoms with Crippen LogP contribution < -0.4 is 4.90 Å². The van der Waals surface area contributed by atoms with E-state index < -0.39 is 11.9 Å². The Morgan fingerprint density at radius 2 is 2.29 bits per heavy atom. The van der Waals surface area contributed by atoms with Crippen molar-refractivity contribution in [2.75, 3.05) is 11.9 Å². The summed E-state index contributed by atoms with van der Waals surface area (Å²) < 4.78 is 0. The van der Waals surface area contributed by atoms with Crippen LogP contribution >= 0.6 is 11.3 Å². The van der Waals surface area contributed by atoms with Crippen LogP contribution in [0.4, 0.5) is 5.13 Å². The number of nitrogens with zero attached hydrogens (tertiary/aromatic N) is 2. The lowest BCUT2D eigenvalue weighted by Gasteiger charge is -2.20. The third-order valence-corrected chi connectivity index (χ3v) is 4.54. The van der Waals surface area contributed by atoms with E-state index in [4.69, 9.17) is 0 Å². The predicted molar refractivity (Wildman–Crippen MR) is 69.0 cm³/mol. The van der Waals surface area contributed by atoms with E-state index in [0.29, 0.717) is 6.04 Å². The molecule has 1 N–H and O–H groups in total. The first-order chi connectivity index (χ1) is 8.00. The summed E-state index contributed by atoms with van der Waals surface area (Å²) in [5.74, 6) is -1.14. The molecule has 0 aromatic carbocycles. The number of aromatic nitrogens is 1. The van der Waals surface area contributed by atoms with Crippen molar-refractivity contribution in [2.24, 2.45) is 0 Å². The first-order valence-electron chi connectivity index (χ1n) is 5.96. The zero-order valence-corrected chi connectivity index (χ0v) is 11.3. The first-order valence-corrected chi connectivity index (χ1v) is 6.77. The molecule has 4 nitrogen and oxygen atoms in total. The summed E-state index contributed by atoms with van der Waals surface area (Å²) in [5.41, 5.74) is 0.802. The van der Waals surface area contributed by atoms with Crippen LogP contribution in [0.15, 0.2) is 0 Å². The van der Waals surface area contributed by atoms with Crippen molar-refractivity contribution in [2.45, 2.75) is 45.1 Å². The fourth-order valence-corrected chi connectivity index (χ4v) is 3.28. The zero-order valence-electron chi connectivity index (χ0n) is 10.4. The van der Waals surface area contributed by atoms with Crippen LogP contribution in [0, 0.1) is 0 Å². The van der Waals surface area contributed by atoms with Crippen LogP contribution in [0.25, 0.3) is 0 Å². The number of carboxylic acids is 1. The van der Waals surface area contributed by atoms with Crippen LogP contribution in [-0.4, -0.2) is 29.1 Å². The molecule has 1 aromatic rings. The van der Waals surface area contributed by atoms with Crippen LogP contribution in [0.2, 0.25) is 0 Å². The maximum Gasteiger partial charge on any atom is 0.312 e. The highest BCUT2D eigenvalue weighted by atomic mass is 32.1. The van der Waals surface area contributed by atoms with E-state index >= 15 is 0 Å². The van der Waals surface area contributed by atoms with Gasteiger partial charge in [0.15, 0.2) is 5.13 Å². The van der Waals surface area contributed by atoms with E-state index in [-0.39, 0.29) is 0 Å². The minimum Gasteiger partial charge on any atom is -0.481 e. The van der Waals surface area contributed by atoms with E-state index in [1.54, 1.807) is 11.3 Å². The Bertz CT molecular complexity index is 428. The average Bonchev–Trinajstić information content (AvgIpc) is 2.70. The van der Waals surface area contributed by atoms with Gasteiger partial charge in [0, 0.05) is 18.0 Å². The fourth-order valence-electron chi connectivity index (χ4n) is 2.02. The summed E-state index contributed by atoms with van der Waals surface area (Å²) in [6.07, 6.45) is 2.65. The molecule has 0 saturated heterocycles. The number of hydrogen-bond donors (Lipinski definition) is 1. The summed E-state index contributed by atoms with van der Waals surface area (Å²) in [6.45, 7) is 4.21. The lowest BCUT2D eigenvalue weighted by Crippen LogP contribution is -2.25. The van der Waals surface area contributed by atoms with E-state index in [9.17, 15) is 9.90 Å². The number of thiazole rings is 1. The maximum atomic E-state index is 11.2. The third kappa shape index (κ3) is 2.29. The van der Waals surface area contributed by atoms with Gasteiger partial charge in [-0.05, 0) is 33.1 Å². The highest BCUT2D eigenvalue weighted by molar-refractivity contribution is 7.15. The van der Waals surface area contributed by atoms with Crippen LogP contribution in [0.5, 0.6) is 0 Å². The van der Waals surface area contributed by atoms with Crippen molar-refractivity contribution < 1.29 is 9.90 Å². The van der Waals surface area contributed by atoms with Crippen molar-refractivity contribution in [3.63, 3.8) is 0 Å². The zero-order chi connectivity index (χ0) is 12.6. The third-order valence-electron chi connectivity index (χ3n) is 3.32. The smallest absolute Gasteiger partial charge is 0.312 e. The number of hydrogen-bond acceptors (Lipinski definition) is 4. The lowest BCUT2D eigenvalue weighted by molar-refractivity contribution is -0.139. The second-order valence-corrected chi connectivity index (χ2v) is 5.85. The van der Waals surface area contributed by atoms with Crippen LogP contribution in [0.1, 0.15) is 43.2 Å². The summed E-state index contributed by atoms with van der Waals surface area (Å²) in [6, 6.07) is 0.380. The maximum absolute atomic E-state index is 11.2. The van der Waals surface area contributed by atoms with Gasteiger partial charge in [-0.3, -0.25) is 4.79 Å². The Hall–Kier alpha value is -1.10. The Morgan fingerprint density at radius 3 is 2.88 bits per heavy atom. The van der Waals surface area contributed by atoms with Gasteiger partial charge >= 0.3 is 5.97 Å². The molecule has 1 heterocycles. The van der Waals surface area contributed by atoms with E-state index in [0.717, 1.165) is 35.0 Å². The van der Waals surface area contributed by atoms with Gasteiger partial charge < -0.3 is 10.0 Å². The molecule has 0 spiro atoms. The Kier molecular flexibility index (Phi) is 3.38. The molecule has 0 saturated carbocycles. The minimum absolute atomic E-state index is 0.380. The SMILES string of the molecule is CC(C)N(C)c1nc2c(s1)CCCC2C(=O)O. The van der Waals surface area contributed by atoms with E-state index in [2.05, 4.69) is 23.7 Å². The molecule has 1 aliphatic rings. The molecular formula is C12H18N2O2S. The lowest BCUT2D eigenvalue weighted by atomic mass is 9.91. The molecular weight excluding hydrogens is 236 g/mol. The van der Waals surface area contributed by atoms with Crippen LogP contribution in [0.3, 0.4) is 0 Å². The van der Waals surface area contributed by atoms with Gasteiger partial charge in [-0.2, -0.15) is 0 Å². The summed E-state index contributed by atoms with van der Waals surface area (Å²) in [7, 11) is 2.00. The number of fused-ring (bicyclic) bond motifs is 1. The summed E-state index contributed by atoms with van der Waals surface area (Å²) in [5, 5.41) is 10.1. The largest absolute Gasteiger partial charge is 0.481 e. The summed E-state index contributed by atoms with van der Waals surface area (Å²) >= 11 is 1.64. The number of aryl methyl sites for hydroxylation is 1. The van der Waals surface area contributed by atoms with Crippen molar-refractivity contribution in [1.82, 2.24) is 4.98 Å². The molecule has 17 heavy (non-hydrogen) atoms. The fraction of sp³-hybridized carbons (Fsp3) is 0.667. The number of rotatable bonds is 3. The number of carbonyl (C=O) groups is 1. The molecule has 1 atom stereocenters. The molecule has 0 fully saturated rings. The highest BCUT2D eigenvalue weighted by Crippen LogP contribution is 2.38. The van der Waals surface area contributed by atoms with Gasteiger partial charge in [-0.25, -0.2) is 4.98 Å².